The lowest BCUT2D eigenvalue weighted by atomic mass is 10.1. The van der Waals surface area contributed by atoms with Gasteiger partial charge in [-0.15, -0.1) is 0 Å². The van der Waals surface area contributed by atoms with Crippen molar-refractivity contribution in [3.8, 4) is 0 Å². The van der Waals surface area contributed by atoms with Crippen LogP contribution in [0.15, 0.2) is 42.5 Å². The summed E-state index contributed by atoms with van der Waals surface area (Å²) >= 11 is 0. The molecule has 2 aromatic rings. The van der Waals surface area contributed by atoms with Crippen LogP contribution in [0.1, 0.15) is 6.92 Å². The van der Waals surface area contributed by atoms with Gasteiger partial charge < -0.3 is 5.32 Å². The van der Waals surface area contributed by atoms with E-state index in [0.717, 1.165) is 23.3 Å². The Morgan fingerprint density at radius 3 is 2.50 bits per heavy atom. The molecule has 1 heterocycles. The first-order chi connectivity index (χ1) is 13.1. The van der Waals surface area contributed by atoms with Crippen molar-refractivity contribution < 1.29 is 26.8 Å². The monoisotopic (exact) mass is 409 g/mol. The molecule has 3 rings (SSSR count). The molecule has 0 aliphatic carbocycles. The summed E-state index contributed by atoms with van der Waals surface area (Å²) in [5.74, 6) is -3.50. The number of amides is 2. The van der Waals surface area contributed by atoms with Gasteiger partial charge in [0.25, 0.3) is 5.91 Å². The predicted octanol–water partition coefficient (Wildman–Crippen LogP) is 2.10. The van der Waals surface area contributed by atoms with Crippen molar-refractivity contribution in [2.24, 2.45) is 0 Å². The Balaban J connectivity index is 2.02. The molecule has 0 spiro atoms. The van der Waals surface area contributed by atoms with Crippen LogP contribution in [0.5, 0.6) is 0 Å². The summed E-state index contributed by atoms with van der Waals surface area (Å²) in [6.07, 6.45) is 0.856. The minimum atomic E-state index is -4.03. The van der Waals surface area contributed by atoms with Crippen molar-refractivity contribution in [1.29, 1.82) is 0 Å². The molecule has 0 saturated heterocycles. The standard InChI is InChI=1S/C18H17F2N3O4S/c1-11(23(28(2,26)27)12-7-8-13(19)14(20)9-12)18(25)22-10-17(24)21-15-5-3-4-6-16(15)22/h3-9,11H,10H2,1-2H3,(H,21,24)/t11-/m1/s1. The maximum Gasteiger partial charge on any atom is 0.251 e. The van der Waals surface area contributed by atoms with Crippen molar-refractivity contribution in [2.45, 2.75) is 13.0 Å². The minimum absolute atomic E-state index is 0.197. The second-order valence-electron chi connectivity index (χ2n) is 6.32. The molecule has 0 fully saturated rings. The number of nitrogens with zero attached hydrogens (tertiary/aromatic N) is 2. The van der Waals surface area contributed by atoms with Gasteiger partial charge >= 0.3 is 0 Å². The van der Waals surface area contributed by atoms with Gasteiger partial charge in [0.1, 0.15) is 12.6 Å². The zero-order valence-electron chi connectivity index (χ0n) is 15.0. The van der Waals surface area contributed by atoms with E-state index in [0.29, 0.717) is 21.7 Å². The third-order valence-electron chi connectivity index (χ3n) is 4.26. The summed E-state index contributed by atoms with van der Waals surface area (Å²) in [7, 11) is -4.03. The van der Waals surface area contributed by atoms with Gasteiger partial charge in [0.15, 0.2) is 11.6 Å². The number of hydrogen-bond acceptors (Lipinski definition) is 4. The van der Waals surface area contributed by atoms with Gasteiger partial charge in [-0.2, -0.15) is 0 Å². The highest BCUT2D eigenvalue weighted by atomic mass is 32.2. The summed E-state index contributed by atoms with van der Waals surface area (Å²) in [6, 6.07) is 7.83. The van der Waals surface area contributed by atoms with Crippen LogP contribution in [0, 0.1) is 11.6 Å². The molecule has 0 unspecified atom stereocenters. The van der Waals surface area contributed by atoms with Crippen molar-refractivity contribution in [1.82, 2.24) is 0 Å². The molecule has 10 heteroatoms. The van der Waals surface area contributed by atoms with E-state index >= 15 is 0 Å². The van der Waals surface area contributed by atoms with Gasteiger partial charge in [-0.05, 0) is 31.2 Å². The molecule has 0 aromatic heterocycles. The SMILES string of the molecule is C[C@H](C(=O)N1CC(=O)Nc2ccccc21)N(c1ccc(F)c(F)c1)S(C)(=O)=O. The smallest absolute Gasteiger partial charge is 0.251 e. The Labute approximate surface area is 160 Å². The molecule has 1 N–H and O–H groups in total. The molecule has 1 aliphatic heterocycles. The van der Waals surface area contributed by atoms with Crippen LogP contribution in [-0.4, -0.2) is 39.1 Å². The first-order valence-corrected chi connectivity index (χ1v) is 10.1. The number of anilines is 3. The summed E-state index contributed by atoms with van der Waals surface area (Å²) in [5.41, 5.74) is 0.632. The molecule has 1 atom stereocenters. The predicted molar refractivity (Wildman–Crippen MR) is 101 cm³/mol. The maximum absolute atomic E-state index is 13.7. The lowest BCUT2D eigenvalue weighted by molar-refractivity contribution is -0.122. The Kier molecular flexibility index (Phi) is 5.07. The van der Waals surface area contributed by atoms with Crippen LogP contribution < -0.4 is 14.5 Å². The van der Waals surface area contributed by atoms with Crippen molar-refractivity contribution in [3.05, 3.63) is 54.1 Å². The van der Waals surface area contributed by atoms with Crippen LogP contribution >= 0.6 is 0 Å². The summed E-state index contributed by atoms with van der Waals surface area (Å²) < 4.78 is 52.3. The molecular weight excluding hydrogens is 392 g/mol. The number of carbonyl (C=O) groups excluding carboxylic acids is 2. The first-order valence-electron chi connectivity index (χ1n) is 8.24. The lowest BCUT2D eigenvalue weighted by Crippen LogP contribution is -2.52. The number of carbonyl (C=O) groups is 2. The minimum Gasteiger partial charge on any atom is -0.323 e. The number of nitrogens with one attached hydrogen (secondary N) is 1. The Morgan fingerprint density at radius 1 is 1.18 bits per heavy atom. The van der Waals surface area contributed by atoms with Gasteiger partial charge in [0.2, 0.25) is 15.9 Å². The summed E-state index contributed by atoms with van der Waals surface area (Å²) in [4.78, 5) is 26.2. The average Bonchev–Trinajstić information content (AvgIpc) is 2.62. The largest absolute Gasteiger partial charge is 0.323 e. The fraction of sp³-hybridized carbons (Fsp3) is 0.222. The summed E-state index contributed by atoms with van der Waals surface area (Å²) in [5, 5.41) is 2.63. The van der Waals surface area contributed by atoms with Gasteiger partial charge in [-0.3, -0.25) is 18.8 Å². The molecule has 148 valence electrons. The first kappa shape index (κ1) is 19.7. The van der Waals surface area contributed by atoms with Crippen LogP contribution in [-0.2, 0) is 19.6 Å². The normalized spacial score (nSPS) is 14.9. The highest BCUT2D eigenvalue weighted by Gasteiger charge is 2.36. The highest BCUT2D eigenvalue weighted by Crippen LogP contribution is 2.31. The topological polar surface area (TPSA) is 86.8 Å². The van der Waals surface area contributed by atoms with Crippen LogP contribution in [0.25, 0.3) is 0 Å². The number of hydrogen-bond donors (Lipinski definition) is 1. The van der Waals surface area contributed by atoms with E-state index in [1.165, 1.54) is 6.92 Å². The van der Waals surface area contributed by atoms with E-state index < -0.39 is 39.5 Å². The zero-order valence-corrected chi connectivity index (χ0v) is 15.8. The number of benzene rings is 2. The highest BCUT2D eigenvalue weighted by molar-refractivity contribution is 7.92. The van der Waals surface area contributed by atoms with Gasteiger partial charge in [-0.25, -0.2) is 17.2 Å². The fourth-order valence-electron chi connectivity index (χ4n) is 3.08. The number of sulfonamides is 1. The average molecular weight is 409 g/mol. The third kappa shape index (κ3) is 3.68. The van der Waals surface area contributed by atoms with E-state index in [4.69, 9.17) is 0 Å². The van der Waals surface area contributed by atoms with Crippen LogP contribution in [0.4, 0.5) is 25.8 Å². The number of para-hydroxylation sites is 2. The zero-order chi connectivity index (χ0) is 20.6. The van der Waals surface area contributed by atoms with Gasteiger partial charge in [0, 0.05) is 6.07 Å². The van der Waals surface area contributed by atoms with E-state index in [1.807, 2.05) is 0 Å². The van der Waals surface area contributed by atoms with Gasteiger partial charge in [-0.1, -0.05) is 12.1 Å². The Morgan fingerprint density at radius 2 is 1.86 bits per heavy atom. The summed E-state index contributed by atoms with van der Waals surface area (Å²) in [6.45, 7) is 1.02. The second-order valence-corrected chi connectivity index (χ2v) is 8.18. The molecule has 0 radical (unpaired) electrons. The van der Waals surface area contributed by atoms with E-state index in [-0.39, 0.29) is 12.2 Å². The maximum atomic E-state index is 13.7. The number of halogens is 2. The third-order valence-corrected chi connectivity index (χ3v) is 5.50. The number of rotatable bonds is 4. The quantitative estimate of drug-likeness (QED) is 0.838. The molecule has 0 bridgehead atoms. The van der Waals surface area contributed by atoms with E-state index in [9.17, 15) is 26.8 Å². The Hall–Kier alpha value is -3.01. The molecule has 1 aliphatic rings. The lowest BCUT2D eigenvalue weighted by Gasteiger charge is -2.35. The van der Waals surface area contributed by atoms with E-state index in [1.54, 1.807) is 24.3 Å². The molecule has 7 nitrogen and oxygen atoms in total. The molecular formula is C18H17F2N3O4S. The van der Waals surface area contributed by atoms with Gasteiger partial charge in [0.05, 0.1) is 23.3 Å². The van der Waals surface area contributed by atoms with Crippen molar-refractivity contribution in [2.75, 3.05) is 27.3 Å². The Bertz CT molecular complexity index is 1060. The fourth-order valence-corrected chi connectivity index (χ4v) is 4.24. The van der Waals surface area contributed by atoms with Crippen LogP contribution in [0.3, 0.4) is 0 Å². The van der Waals surface area contributed by atoms with Crippen molar-refractivity contribution >= 4 is 38.9 Å². The van der Waals surface area contributed by atoms with Crippen molar-refractivity contribution in [3.63, 3.8) is 0 Å². The molecule has 2 amide bonds. The molecule has 28 heavy (non-hydrogen) atoms. The molecule has 0 saturated carbocycles. The van der Waals surface area contributed by atoms with E-state index in [2.05, 4.69) is 5.32 Å². The number of fused-ring (bicyclic) bond motifs is 1. The van der Waals surface area contributed by atoms with Crippen LogP contribution in [0.2, 0.25) is 0 Å². The molecule has 2 aromatic carbocycles. The second kappa shape index (κ2) is 7.19.